The van der Waals surface area contributed by atoms with E-state index in [0.29, 0.717) is 6.79 Å². The topological polar surface area (TPSA) is 50.7 Å². The average Bonchev–Trinajstić information content (AvgIpc) is 3.37. The normalized spacial score (nSPS) is 21.2. The van der Waals surface area contributed by atoms with E-state index >= 15 is 0 Å². The van der Waals surface area contributed by atoms with Gasteiger partial charge in [0, 0.05) is 37.6 Å². The molecule has 0 unspecified atom stereocenters. The quantitative estimate of drug-likeness (QED) is 0.639. The van der Waals surface area contributed by atoms with Crippen LogP contribution in [0, 0.1) is 5.92 Å². The zero-order chi connectivity index (χ0) is 20.1. The van der Waals surface area contributed by atoms with Gasteiger partial charge in [0.05, 0.1) is 5.39 Å². The van der Waals surface area contributed by atoms with Gasteiger partial charge in [-0.2, -0.15) is 0 Å². The predicted molar refractivity (Wildman–Crippen MR) is 119 cm³/mol. The van der Waals surface area contributed by atoms with Crippen LogP contribution in [-0.4, -0.2) is 47.8 Å². The van der Waals surface area contributed by atoms with Crippen molar-refractivity contribution in [3.8, 4) is 11.5 Å². The summed E-state index contributed by atoms with van der Waals surface area (Å²) in [5, 5.41) is 1.33. The third-order valence-electron chi connectivity index (χ3n) is 6.59. The molecule has 2 aromatic heterocycles. The van der Waals surface area contributed by atoms with E-state index in [1.165, 1.54) is 45.5 Å². The molecule has 3 aliphatic rings. The number of aryl methyl sites for hydroxylation is 1. The molecule has 1 aromatic carbocycles. The lowest BCUT2D eigenvalue weighted by atomic mass is 9.89. The molecule has 7 heteroatoms. The first kappa shape index (κ1) is 18.4. The summed E-state index contributed by atoms with van der Waals surface area (Å²) in [5.41, 5.74) is 2.80. The molecule has 0 N–H and O–H groups in total. The highest BCUT2D eigenvalue weighted by Crippen LogP contribution is 2.40. The molecule has 1 aliphatic carbocycles. The zero-order valence-electron chi connectivity index (χ0n) is 17.3. The molecular formula is C23H26N4O2S. The van der Waals surface area contributed by atoms with Crippen LogP contribution < -0.4 is 14.4 Å². The number of fused-ring (bicyclic) bond motifs is 4. The summed E-state index contributed by atoms with van der Waals surface area (Å²) in [4.78, 5) is 17.0. The number of hydrogen-bond donors (Lipinski definition) is 0. The second kappa shape index (κ2) is 7.39. The smallest absolute Gasteiger partial charge is 0.231 e. The maximum Gasteiger partial charge on any atom is 0.231 e. The summed E-state index contributed by atoms with van der Waals surface area (Å²) in [7, 11) is 0. The number of anilines is 1. The molecule has 3 aromatic rings. The van der Waals surface area contributed by atoms with E-state index in [1.54, 1.807) is 6.33 Å². The van der Waals surface area contributed by atoms with E-state index in [4.69, 9.17) is 14.5 Å². The Bertz CT molecular complexity index is 1090. The van der Waals surface area contributed by atoms with Crippen molar-refractivity contribution in [2.45, 2.75) is 32.7 Å². The summed E-state index contributed by atoms with van der Waals surface area (Å²) >= 11 is 1.88. The number of thiophene rings is 1. The van der Waals surface area contributed by atoms with Gasteiger partial charge in [0.15, 0.2) is 11.5 Å². The minimum Gasteiger partial charge on any atom is -0.454 e. The molecule has 30 heavy (non-hydrogen) atoms. The van der Waals surface area contributed by atoms with Crippen molar-refractivity contribution >= 4 is 27.4 Å². The van der Waals surface area contributed by atoms with Crippen molar-refractivity contribution in [3.63, 3.8) is 0 Å². The molecule has 4 heterocycles. The number of rotatable bonds is 3. The fraction of sp³-hybridized carbons (Fsp3) is 0.478. The molecule has 156 valence electrons. The minimum absolute atomic E-state index is 0.329. The van der Waals surface area contributed by atoms with Gasteiger partial charge >= 0.3 is 0 Å². The largest absolute Gasteiger partial charge is 0.454 e. The van der Waals surface area contributed by atoms with Crippen molar-refractivity contribution < 1.29 is 9.47 Å². The van der Waals surface area contributed by atoms with Crippen LogP contribution in [0.5, 0.6) is 11.5 Å². The predicted octanol–water partition coefficient (Wildman–Crippen LogP) is 3.87. The summed E-state index contributed by atoms with van der Waals surface area (Å²) in [6.07, 6.45) is 5.39. The Morgan fingerprint density at radius 1 is 1.10 bits per heavy atom. The number of ether oxygens (including phenoxy) is 2. The molecule has 0 amide bonds. The van der Waals surface area contributed by atoms with Gasteiger partial charge in [0.25, 0.3) is 0 Å². The van der Waals surface area contributed by atoms with E-state index in [2.05, 4.69) is 33.8 Å². The van der Waals surface area contributed by atoms with Crippen molar-refractivity contribution in [1.29, 1.82) is 0 Å². The van der Waals surface area contributed by atoms with Gasteiger partial charge in [0.2, 0.25) is 6.79 Å². The highest BCUT2D eigenvalue weighted by atomic mass is 32.1. The van der Waals surface area contributed by atoms with Crippen LogP contribution in [0.2, 0.25) is 0 Å². The Kier molecular flexibility index (Phi) is 4.53. The molecule has 0 spiro atoms. The first-order valence-corrected chi connectivity index (χ1v) is 11.7. The maximum absolute atomic E-state index is 5.53. The van der Waals surface area contributed by atoms with Crippen LogP contribution in [0.25, 0.3) is 10.2 Å². The second-order valence-corrected chi connectivity index (χ2v) is 9.76. The van der Waals surface area contributed by atoms with Crippen LogP contribution in [0.3, 0.4) is 0 Å². The summed E-state index contributed by atoms with van der Waals surface area (Å²) in [6, 6.07) is 6.28. The number of piperazine rings is 1. The second-order valence-electron chi connectivity index (χ2n) is 8.68. The third kappa shape index (κ3) is 3.20. The number of aromatic nitrogens is 2. The molecule has 1 atom stereocenters. The van der Waals surface area contributed by atoms with Crippen molar-refractivity contribution in [2.24, 2.45) is 5.92 Å². The number of nitrogens with zero attached hydrogens (tertiary/aromatic N) is 4. The molecule has 2 aliphatic heterocycles. The van der Waals surface area contributed by atoms with Crippen molar-refractivity contribution in [1.82, 2.24) is 14.9 Å². The highest BCUT2D eigenvalue weighted by molar-refractivity contribution is 7.19. The van der Waals surface area contributed by atoms with E-state index in [-0.39, 0.29) is 0 Å². The van der Waals surface area contributed by atoms with Gasteiger partial charge in [-0.15, -0.1) is 11.3 Å². The summed E-state index contributed by atoms with van der Waals surface area (Å²) in [5.74, 6) is 3.65. The van der Waals surface area contributed by atoms with Gasteiger partial charge in [-0.05, 0) is 48.4 Å². The maximum atomic E-state index is 5.53. The molecule has 6 rings (SSSR count). The zero-order valence-corrected chi connectivity index (χ0v) is 18.1. The van der Waals surface area contributed by atoms with Crippen LogP contribution in [-0.2, 0) is 19.4 Å². The monoisotopic (exact) mass is 422 g/mol. The van der Waals surface area contributed by atoms with E-state index in [1.807, 2.05) is 17.4 Å². The summed E-state index contributed by atoms with van der Waals surface area (Å²) in [6.45, 7) is 7.69. The molecule has 0 saturated carbocycles. The Balaban J connectivity index is 1.19. The third-order valence-corrected chi connectivity index (χ3v) is 7.75. The lowest BCUT2D eigenvalue weighted by Gasteiger charge is -2.35. The fourth-order valence-electron chi connectivity index (χ4n) is 4.91. The molecule has 6 nitrogen and oxygen atoms in total. The molecule has 0 bridgehead atoms. The Morgan fingerprint density at radius 3 is 2.87 bits per heavy atom. The first-order valence-electron chi connectivity index (χ1n) is 10.9. The van der Waals surface area contributed by atoms with Gasteiger partial charge in [0.1, 0.15) is 17.0 Å². The Hall–Kier alpha value is -2.38. The number of hydrogen-bond acceptors (Lipinski definition) is 7. The van der Waals surface area contributed by atoms with E-state index in [9.17, 15) is 0 Å². The van der Waals surface area contributed by atoms with Gasteiger partial charge in [-0.1, -0.05) is 13.0 Å². The fourth-order valence-corrected chi connectivity index (χ4v) is 6.26. The SMILES string of the molecule is C[C@@H]1CCc2c(sc3ncnc(N4CCN(Cc5ccc6c(c5)OCO6)CC4)c23)C1. The first-order chi connectivity index (χ1) is 14.7. The van der Waals surface area contributed by atoms with Crippen molar-refractivity contribution in [3.05, 3.63) is 40.5 Å². The number of benzene rings is 1. The molecule has 1 saturated heterocycles. The summed E-state index contributed by atoms with van der Waals surface area (Å²) < 4.78 is 11.0. The van der Waals surface area contributed by atoms with Crippen LogP contribution in [0.4, 0.5) is 5.82 Å². The average molecular weight is 423 g/mol. The van der Waals surface area contributed by atoms with Crippen LogP contribution in [0.1, 0.15) is 29.3 Å². The standard InChI is InChI=1S/C23H26N4O2S/c1-15-2-4-17-20(10-15)30-23-21(17)22(24-13-25-23)27-8-6-26(7-9-27)12-16-3-5-18-19(11-16)29-14-28-18/h3,5,11,13,15H,2,4,6-10,12,14H2,1H3/t15-/m1/s1. The van der Waals surface area contributed by atoms with Crippen LogP contribution in [0.15, 0.2) is 24.5 Å². The molecule has 0 radical (unpaired) electrons. The Labute approximate surface area is 180 Å². The van der Waals surface area contributed by atoms with Gasteiger partial charge in [-0.25, -0.2) is 9.97 Å². The Morgan fingerprint density at radius 2 is 1.97 bits per heavy atom. The van der Waals surface area contributed by atoms with Crippen molar-refractivity contribution in [2.75, 3.05) is 37.9 Å². The van der Waals surface area contributed by atoms with E-state index in [0.717, 1.165) is 56.0 Å². The van der Waals surface area contributed by atoms with Gasteiger partial charge in [-0.3, -0.25) is 4.90 Å². The highest BCUT2D eigenvalue weighted by Gasteiger charge is 2.26. The molecule has 1 fully saturated rings. The van der Waals surface area contributed by atoms with Gasteiger partial charge < -0.3 is 14.4 Å². The lowest BCUT2D eigenvalue weighted by Crippen LogP contribution is -2.46. The van der Waals surface area contributed by atoms with E-state index < -0.39 is 0 Å². The minimum atomic E-state index is 0.329. The lowest BCUT2D eigenvalue weighted by molar-refractivity contribution is 0.174. The molecular weight excluding hydrogens is 396 g/mol. The van der Waals surface area contributed by atoms with Crippen LogP contribution >= 0.6 is 11.3 Å².